The van der Waals surface area contributed by atoms with E-state index in [-0.39, 0.29) is 80.5 Å². The molecule has 11 aliphatic heterocycles. The maximum atomic E-state index is 14.1. The van der Waals surface area contributed by atoms with Crippen molar-refractivity contribution >= 4 is 193 Å². The second-order valence-corrected chi connectivity index (χ2v) is 39.5. The number of hydrogen-bond acceptors (Lipinski definition) is 33. The Morgan fingerprint density at radius 1 is 0.406 bits per heavy atom. The Balaban J connectivity index is 0.000000123. The van der Waals surface area contributed by atoms with Gasteiger partial charge >= 0.3 is 42.0 Å². The first-order valence-electron chi connectivity index (χ1n) is 44.9. The van der Waals surface area contributed by atoms with Crippen LogP contribution in [0.5, 0.6) is 0 Å². The lowest BCUT2D eigenvalue weighted by molar-refractivity contribution is -0.140. The Bertz CT molecular complexity index is 6830. The van der Waals surface area contributed by atoms with Crippen LogP contribution >= 0.6 is 116 Å². The van der Waals surface area contributed by atoms with Crippen molar-refractivity contribution in [1.82, 2.24) is 54.3 Å². The molecule has 5 aromatic carbocycles. The highest BCUT2D eigenvalue weighted by molar-refractivity contribution is 9.11. The molecular formula is C97H82Br3ClF6N16O15S5. The van der Waals surface area contributed by atoms with E-state index in [4.69, 9.17) is 64.7 Å². The molecule has 5 aromatic heterocycles. The number of halogens is 10. The number of carbonyl (C=O) groups excluding carboxylic acids is 8. The van der Waals surface area contributed by atoms with Gasteiger partial charge in [-0.3, -0.25) is 39.6 Å². The lowest BCUT2D eigenvalue weighted by Crippen LogP contribution is -2.40. The van der Waals surface area contributed by atoms with Gasteiger partial charge in [0.05, 0.1) is 84.2 Å². The molecule has 6 atom stereocenters. The number of amidine groups is 5. The van der Waals surface area contributed by atoms with Crippen LogP contribution in [0.15, 0.2) is 244 Å². The molecule has 6 fully saturated rings. The average molecular weight is 2260 g/mol. The van der Waals surface area contributed by atoms with Gasteiger partial charge in [-0.15, -0.1) is 56.7 Å². The van der Waals surface area contributed by atoms with Crippen molar-refractivity contribution in [3.05, 3.63) is 311 Å². The van der Waals surface area contributed by atoms with Crippen LogP contribution in [0.1, 0.15) is 163 Å². The van der Waals surface area contributed by atoms with Crippen LogP contribution in [0.25, 0.3) is 0 Å². The van der Waals surface area contributed by atoms with Crippen LogP contribution < -0.4 is 0 Å². The number of fused-ring (bicyclic) bond motifs is 5. The highest BCUT2D eigenvalue weighted by atomic mass is 79.9. The van der Waals surface area contributed by atoms with Crippen molar-refractivity contribution in [1.29, 1.82) is 0 Å². The predicted molar refractivity (Wildman–Crippen MR) is 530 cm³/mol. The van der Waals surface area contributed by atoms with E-state index in [0.29, 0.717) is 152 Å². The van der Waals surface area contributed by atoms with E-state index in [1.54, 1.807) is 112 Å². The molecule has 46 heteroatoms. The van der Waals surface area contributed by atoms with Crippen molar-refractivity contribution in [2.45, 2.75) is 116 Å². The first kappa shape index (κ1) is 102. The predicted octanol–water partition coefficient (Wildman–Crippen LogP) is 19.9. The van der Waals surface area contributed by atoms with Crippen LogP contribution in [0.4, 0.5) is 35.9 Å². The first-order chi connectivity index (χ1) is 69.2. The first-order valence-corrected chi connectivity index (χ1v) is 52.0. The zero-order valence-corrected chi connectivity index (χ0v) is 85.8. The van der Waals surface area contributed by atoms with Crippen LogP contribution in [-0.4, -0.2) is 210 Å². The summed E-state index contributed by atoms with van der Waals surface area (Å²) in [6.07, 6.45) is 11.7. The average Bonchev–Trinajstić information content (AvgIpc) is 1.76. The van der Waals surface area contributed by atoms with Crippen LogP contribution in [0.3, 0.4) is 0 Å². The molecule has 31 nitrogen and oxygen atoms in total. The summed E-state index contributed by atoms with van der Waals surface area (Å²) in [5.74, 6) is -3.70. The fraction of sp³-hybridized carbons (Fsp3) is 0.299. The zero-order valence-electron chi connectivity index (χ0n) is 76.2. The number of nitrogens with zero attached hydrogens (tertiary/aromatic N) is 16. The molecule has 21 rings (SSSR count). The van der Waals surface area contributed by atoms with Crippen molar-refractivity contribution in [3.63, 3.8) is 0 Å². The highest BCUT2D eigenvalue weighted by Crippen LogP contribution is 2.50. The number of ether oxygens (including phenoxy) is 7. The number of benzene rings is 5. The normalized spacial score (nSPS) is 19.8. The Hall–Kier alpha value is -12.6. The molecule has 0 N–H and O–H groups in total. The number of hydrogen-bond donors (Lipinski definition) is 0. The minimum atomic E-state index is -0.972. The fourth-order valence-corrected chi connectivity index (χ4v) is 22.9. The van der Waals surface area contributed by atoms with E-state index >= 15 is 0 Å². The minimum Gasteiger partial charge on any atom is -0.463 e. The number of esters is 5. The SMILES string of the molecule is CCOC(=O)C1=C2CCC(=O)N2C(c2nccs2)=NC1c1ccc(F)cc1Br.CCOC(=O)C1=C2CCCN2C(c2nccs2)=NC1c1ccc(F)c(F)c1.CCOC(=O)C1=C2CCCN2C(c2nccs2)=NC1c1cccc(F)c1Cl.CCOC(=O)C1=C2COC(=O)N2C(c2nccs2)=NC1c1ccc(F)cc1Br.CCOC(=O)C1=C2C[C@H](N3CCOC3=O)CN2C(c2nccs2)=N[C@H]1c1ccc(F)cc1Br. The van der Waals surface area contributed by atoms with Crippen LogP contribution in [-0.2, 0) is 61.9 Å². The third-order valence-electron chi connectivity index (χ3n) is 23.8. The number of aliphatic imine (C=N–C) groups is 5. The van der Waals surface area contributed by atoms with Gasteiger partial charge in [0.25, 0.3) is 0 Å². The third-order valence-corrected chi connectivity index (χ3v) is 30.1. The summed E-state index contributed by atoms with van der Waals surface area (Å²) in [5.41, 5.74) is 7.72. The molecule has 0 radical (unpaired) electrons. The Labute approximate surface area is 863 Å². The van der Waals surface area contributed by atoms with E-state index in [0.717, 1.165) is 71.6 Å². The molecule has 0 aliphatic carbocycles. The quantitative estimate of drug-likeness (QED) is 0.0366. The molecule has 0 bridgehead atoms. The van der Waals surface area contributed by atoms with Gasteiger partial charge in [-0.25, -0.2) is 89.7 Å². The molecule has 16 heterocycles. The van der Waals surface area contributed by atoms with Gasteiger partial charge in [0.15, 0.2) is 65.9 Å². The lowest BCUT2D eigenvalue weighted by Gasteiger charge is -2.31. The van der Waals surface area contributed by atoms with E-state index < -0.39 is 101 Å². The molecule has 143 heavy (non-hydrogen) atoms. The maximum absolute atomic E-state index is 14.1. The molecule has 740 valence electrons. The molecular weight excluding hydrogens is 2180 g/mol. The van der Waals surface area contributed by atoms with Gasteiger partial charge in [-0.05, 0) is 144 Å². The third kappa shape index (κ3) is 21.1. The number of cyclic esters (lactones) is 2. The largest absolute Gasteiger partial charge is 0.463 e. The van der Waals surface area contributed by atoms with E-state index in [2.05, 4.69) is 77.7 Å². The van der Waals surface area contributed by atoms with Gasteiger partial charge in [-0.1, -0.05) is 95.8 Å². The molecule has 10 aromatic rings. The van der Waals surface area contributed by atoms with Gasteiger partial charge in [0.1, 0.15) is 66.7 Å². The summed E-state index contributed by atoms with van der Waals surface area (Å²) < 4.78 is 121. The fourth-order valence-electron chi connectivity index (χ4n) is 17.8. The molecule has 11 aliphatic rings. The Kier molecular flexibility index (Phi) is 32.1. The van der Waals surface area contributed by atoms with Gasteiger partial charge < -0.3 is 47.9 Å². The van der Waals surface area contributed by atoms with Crippen molar-refractivity contribution < 1.29 is 97.9 Å². The molecule has 0 saturated carbocycles. The van der Waals surface area contributed by atoms with Gasteiger partial charge in [-0.2, -0.15) is 0 Å². The maximum Gasteiger partial charge on any atom is 0.420 e. The summed E-state index contributed by atoms with van der Waals surface area (Å²) >= 11 is 23.4. The number of carbonyl (C=O) groups is 8. The Morgan fingerprint density at radius 2 is 0.804 bits per heavy atom. The topological polar surface area (TPSA) is 347 Å². The second kappa shape index (κ2) is 45.1. The van der Waals surface area contributed by atoms with Crippen molar-refractivity contribution in [3.8, 4) is 0 Å². The van der Waals surface area contributed by atoms with E-state index in [1.165, 1.54) is 115 Å². The highest BCUT2D eigenvalue weighted by Gasteiger charge is 2.50. The van der Waals surface area contributed by atoms with Gasteiger partial charge in [0, 0.05) is 132 Å². The number of aromatic nitrogens is 5. The summed E-state index contributed by atoms with van der Waals surface area (Å²) in [4.78, 5) is 157. The number of allylic oxidation sites excluding steroid dienone is 3. The molecule has 4 unspecified atom stereocenters. The lowest BCUT2D eigenvalue weighted by atomic mass is 9.94. The van der Waals surface area contributed by atoms with Crippen LogP contribution in [0.2, 0.25) is 5.02 Å². The van der Waals surface area contributed by atoms with E-state index in [1.807, 2.05) is 30.8 Å². The number of rotatable bonds is 21. The van der Waals surface area contributed by atoms with E-state index in [9.17, 15) is 64.7 Å². The summed E-state index contributed by atoms with van der Waals surface area (Å²) in [5, 5.41) is 12.4. The number of thiazole rings is 5. The molecule has 3 amide bonds. The van der Waals surface area contributed by atoms with Crippen molar-refractivity contribution in [2.24, 2.45) is 25.0 Å². The summed E-state index contributed by atoms with van der Waals surface area (Å²) in [6.45, 7) is 12.4. The standard InChI is InChI=1S/C22H20BrFN4O4S.C19H15BrFN3O3S.C19H17ClFN3O2S.C19H17F2N3O2S.C18H13BrFN3O4S/c1-2-31-21(29)17-16-10-13(27-6-7-32-22(27)30)11-28(16)19(20-25-5-8-33-20)26-18(17)14-4-3-12(24)9-15(14)23;1-2-27-19(26)15-13-5-6-14(25)24(13)17(18-22-7-8-28-18)23-16(15)11-4-3-10(21)9-12(11)20;1-2-26-19(25)14-13-7-4-9-24(13)17(18-22-8-10-27-18)23-16(14)11-5-3-6-12(21)15(11)20;1-2-26-19(25)15-14-4-3-8-24(14)17(18-22-7-9-27-18)23-16(15)11-5-6-12(20)13(21)10-11;1-2-26-17(24)13-12-8-27-18(25)23(12)15(16-21-5-6-28-16)22-14(13)10-4-3-9(20)7-11(10)19/h3-5,8-9,13,18H,2,6-7,10-11H2,1H3;3-4,7-9,16H,2,5-6H2,1H3;3,5-6,8,10,16H,2,4,7,9H2,1H3;5-7,9-10,16H,2-4,8H2,1H3;3-7,14H,2,8H2,1H3/t13-,18-;;;;/m0..../s1. The monoisotopic (exact) mass is 2260 g/mol. The molecule has 0 spiro atoms. The smallest absolute Gasteiger partial charge is 0.420 e. The Morgan fingerprint density at radius 3 is 1.22 bits per heavy atom. The number of amides is 3. The van der Waals surface area contributed by atoms with Gasteiger partial charge in [0.2, 0.25) is 5.91 Å². The van der Waals surface area contributed by atoms with Crippen molar-refractivity contribution in [2.75, 3.05) is 72.4 Å². The zero-order chi connectivity index (χ0) is 101. The summed E-state index contributed by atoms with van der Waals surface area (Å²) in [6, 6.07) is 16.9. The minimum absolute atomic E-state index is 0.0291. The summed E-state index contributed by atoms with van der Waals surface area (Å²) in [7, 11) is 0. The molecule has 6 saturated heterocycles. The second-order valence-electron chi connectivity index (χ2n) is 32.1. The van der Waals surface area contributed by atoms with Crippen LogP contribution in [0, 0.1) is 34.9 Å².